The van der Waals surface area contributed by atoms with Gasteiger partial charge in [-0.25, -0.2) is 0 Å². The molecule has 0 spiro atoms. The van der Waals surface area contributed by atoms with E-state index >= 15 is 0 Å². The highest BCUT2D eigenvalue weighted by molar-refractivity contribution is 5.85. The fraction of sp³-hybridized carbons (Fsp3) is 0.235. The number of aliphatic carboxylic acids is 1. The van der Waals surface area contributed by atoms with Crippen molar-refractivity contribution >= 4 is 18.4 Å². The molecule has 0 bridgehead atoms. The molecular weight excluding hydrogens is 318 g/mol. The molecule has 0 saturated carbocycles. The lowest BCUT2D eigenvalue weighted by molar-refractivity contribution is -0.138. The Balaban J connectivity index is 0.00000192. The fourth-order valence-corrected chi connectivity index (χ4v) is 2.42. The molecule has 1 atom stereocenters. The monoisotopic (exact) mass is 335 g/mol. The van der Waals surface area contributed by atoms with Crippen molar-refractivity contribution in [2.45, 2.75) is 18.9 Å². The molecule has 0 amide bonds. The summed E-state index contributed by atoms with van der Waals surface area (Å²) in [5.41, 5.74) is 8.74. The molecule has 2 aromatic rings. The van der Waals surface area contributed by atoms with Gasteiger partial charge in [0.05, 0.1) is 0 Å². The number of halogens is 1. The number of ether oxygens (including phenoxy) is 2. The molecule has 0 radical (unpaired) electrons. The van der Waals surface area contributed by atoms with Crippen LogP contribution in [0.2, 0.25) is 0 Å². The molecule has 122 valence electrons. The van der Waals surface area contributed by atoms with Crippen LogP contribution in [0.5, 0.6) is 11.5 Å². The standard InChI is InChI=1S/C17H17NO4.ClH/c18-14(17(19)20)8-12-3-1-11(2-4-12)7-13-5-6-15-16(9-13)22-10-21-15;/h1-6,9,14H,7-8,10,18H2,(H,19,20);1H. The minimum atomic E-state index is -0.982. The average molecular weight is 336 g/mol. The van der Waals surface area contributed by atoms with Gasteiger partial charge < -0.3 is 20.3 Å². The van der Waals surface area contributed by atoms with E-state index in [0.717, 1.165) is 34.6 Å². The Labute approximate surface area is 140 Å². The third-order valence-corrected chi connectivity index (χ3v) is 3.64. The van der Waals surface area contributed by atoms with Crippen LogP contribution in [0, 0.1) is 0 Å². The summed E-state index contributed by atoms with van der Waals surface area (Å²) in [6.07, 6.45) is 1.11. The zero-order chi connectivity index (χ0) is 15.5. The van der Waals surface area contributed by atoms with Gasteiger partial charge >= 0.3 is 5.97 Å². The van der Waals surface area contributed by atoms with Crippen LogP contribution in [-0.2, 0) is 17.6 Å². The lowest BCUT2D eigenvalue weighted by Crippen LogP contribution is -2.32. The van der Waals surface area contributed by atoms with E-state index in [2.05, 4.69) is 0 Å². The maximum absolute atomic E-state index is 10.8. The van der Waals surface area contributed by atoms with E-state index in [1.54, 1.807) is 0 Å². The molecule has 0 fully saturated rings. The number of rotatable bonds is 5. The molecular formula is C17H18ClNO4. The summed E-state index contributed by atoms with van der Waals surface area (Å²) in [6, 6.07) is 12.9. The summed E-state index contributed by atoms with van der Waals surface area (Å²) in [5.74, 6) is 0.577. The van der Waals surface area contributed by atoms with Crippen molar-refractivity contribution in [2.75, 3.05) is 6.79 Å². The number of nitrogens with two attached hydrogens (primary N) is 1. The molecule has 5 nitrogen and oxygen atoms in total. The maximum atomic E-state index is 10.8. The van der Waals surface area contributed by atoms with E-state index in [1.807, 2.05) is 42.5 Å². The van der Waals surface area contributed by atoms with Gasteiger partial charge in [-0.3, -0.25) is 4.79 Å². The molecule has 3 rings (SSSR count). The van der Waals surface area contributed by atoms with E-state index < -0.39 is 12.0 Å². The smallest absolute Gasteiger partial charge is 0.320 e. The molecule has 3 N–H and O–H groups in total. The molecule has 1 heterocycles. The second kappa shape index (κ2) is 7.35. The minimum absolute atomic E-state index is 0. The normalized spacial score (nSPS) is 13.3. The van der Waals surface area contributed by atoms with E-state index in [0.29, 0.717) is 6.42 Å². The van der Waals surface area contributed by atoms with Gasteiger partial charge in [0.25, 0.3) is 0 Å². The largest absolute Gasteiger partial charge is 0.480 e. The lowest BCUT2D eigenvalue weighted by atomic mass is 10.0. The van der Waals surface area contributed by atoms with Crippen LogP contribution in [0.15, 0.2) is 42.5 Å². The highest BCUT2D eigenvalue weighted by Crippen LogP contribution is 2.33. The predicted molar refractivity (Wildman–Crippen MR) is 88.4 cm³/mol. The van der Waals surface area contributed by atoms with Gasteiger partial charge in [0, 0.05) is 0 Å². The van der Waals surface area contributed by atoms with Gasteiger partial charge in [0.1, 0.15) is 6.04 Å². The highest BCUT2D eigenvalue weighted by atomic mass is 35.5. The van der Waals surface area contributed by atoms with E-state index in [-0.39, 0.29) is 19.2 Å². The Morgan fingerprint density at radius 1 is 1.04 bits per heavy atom. The number of benzene rings is 2. The quantitative estimate of drug-likeness (QED) is 0.876. The zero-order valence-electron chi connectivity index (χ0n) is 12.4. The Hall–Kier alpha value is -2.24. The van der Waals surface area contributed by atoms with Crippen molar-refractivity contribution in [3.05, 3.63) is 59.2 Å². The number of fused-ring (bicyclic) bond motifs is 1. The Morgan fingerprint density at radius 3 is 2.35 bits per heavy atom. The van der Waals surface area contributed by atoms with Crippen LogP contribution < -0.4 is 15.2 Å². The average Bonchev–Trinajstić information content (AvgIpc) is 2.96. The Bertz CT molecular complexity index is 687. The first-order valence-corrected chi connectivity index (χ1v) is 7.06. The van der Waals surface area contributed by atoms with Crippen LogP contribution in [0.1, 0.15) is 16.7 Å². The molecule has 1 unspecified atom stereocenters. The zero-order valence-corrected chi connectivity index (χ0v) is 13.2. The van der Waals surface area contributed by atoms with Crippen LogP contribution >= 0.6 is 12.4 Å². The molecule has 0 aromatic heterocycles. The van der Waals surface area contributed by atoms with Gasteiger partial charge in [-0.2, -0.15) is 0 Å². The van der Waals surface area contributed by atoms with Crippen molar-refractivity contribution in [2.24, 2.45) is 5.73 Å². The van der Waals surface area contributed by atoms with Crippen molar-refractivity contribution in [1.29, 1.82) is 0 Å². The summed E-state index contributed by atoms with van der Waals surface area (Å²) in [6.45, 7) is 0.275. The van der Waals surface area contributed by atoms with E-state index in [4.69, 9.17) is 20.3 Å². The number of carboxylic acids is 1. The van der Waals surface area contributed by atoms with Crippen molar-refractivity contribution < 1.29 is 19.4 Å². The Morgan fingerprint density at radius 2 is 1.65 bits per heavy atom. The highest BCUT2D eigenvalue weighted by Gasteiger charge is 2.14. The molecule has 1 aliphatic rings. The van der Waals surface area contributed by atoms with Crippen LogP contribution in [-0.4, -0.2) is 23.9 Å². The number of hydrogen-bond acceptors (Lipinski definition) is 4. The first-order chi connectivity index (χ1) is 10.6. The van der Waals surface area contributed by atoms with Gasteiger partial charge in [-0.1, -0.05) is 30.3 Å². The number of hydrogen-bond donors (Lipinski definition) is 2. The molecule has 0 aliphatic carbocycles. The van der Waals surface area contributed by atoms with Crippen molar-refractivity contribution in [3.8, 4) is 11.5 Å². The Kier molecular flexibility index (Phi) is 5.47. The first-order valence-electron chi connectivity index (χ1n) is 7.06. The van der Waals surface area contributed by atoms with Crippen LogP contribution in [0.25, 0.3) is 0 Å². The first kappa shape index (κ1) is 17.1. The van der Waals surface area contributed by atoms with E-state index in [1.165, 1.54) is 0 Å². The van der Waals surface area contributed by atoms with Gasteiger partial charge in [-0.05, 0) is 41.7 Å². The number of carbonyl (C=O) groups is 1. The van der Waals surface area contributed by atoms with Crippen LogP contribution in [0.3, 0.4) is 0 Å². The molecule has 23 heavy (non-hydrogen) atoms. The fourth-order valence-electron chi connectivity index (χ4n) is 2.42. The summed E-state index contributed by atoms with van der Waals surface area (Å²) < 4.78 is 10.7. The summed E-state index contributed by atoms with van der Waals surface area (Å²) in [4.78, 5) is 10.8. The topological polar surface area (TPSA) is 81.8 Å². The summed E-state index contributed by atoms with van der Waals surface area (Å²) in [5, 5.41) is 8.82. The van der Waals surface area contributed by atoms with Gasteiger partial charge in [0.15, 0.2) is 11.5 Å². The van der Waals surface area contributed by atoms with E-state index in [9.17, 15) is 4.79 Å². The van der Waals surface area contributed by atoms with Crippen molar-refractivity contribution in [3.63, 3.8) is 0 Å². The molecule has 6 heteroatoms. The van der Waals surface area contributed by atoms with Gasteiger partial charge in [-0.15, -0.1) is 12.4 Å². The lowest BCUT2D eigenvalue weighted by Gasteiger charge is -2.08. The molecule has 2 aromatic carbocycles. The summed E-state index contributed by atoms with van der Waals surface area (Å²) >= 11 is 0. The molecule has 0 saturated heterocycles. The number of carboxylic acid groups (broad SMARTS) is 1. The third-order valence-electron chi connectivity index (χ3n) is 3.64. The second-order valence-corrected chi connectivity index (χ2v) is 5.33. The van der Waals surface area contributed by atoms with Gasteiger partial charge in [0.2, 0.25) is 6.79 Å². The third kappa shape index (κ3) is 4.15. The minimum Gasteiger partial charge on any atom is -0.480 e. The second-order valence-electron chi connectivity index (χ2n) is 5.33. The van der Waals surface area contributed by atoms with Crippen LogP contribution in [0.4, 0.5) is 0 Å². The maximum Gasteiger partial charge on any atom is 0.320 e. The predicted octanol–water partition coefficient (Wildman–Crippen LogP) is 2.38. The molecule has 1 aliphatic heterocycles. The summed E-state index contributed by atoms with van der Waals surface area (Å²) in [7, 11) is 0. The SMILES string of the molecule is Cl.NC(Cc1ccc(Cc2ccc3c(c2)OCO3)cc1)C(=O)O. The van der Waals surface area contributed by atoms with Crippen molar-refractivity contribution in [1.82, 2.24) is 0 Å².